The van der Waals surface area contributed by atoms with Gasteiger partial charge in [-0.25, -0.2) is 13.4 Å². The van der Waals surface area contributed by atoms with Gasteiger partial charge >= 0.3 is 0 Å². The van der Waals surface area contributed by atoms with Crippen LogP contribution in [0.5, 0.6) is 11.6 Å². The van der Waals surface area contributed by atoms with E-state index in [1.54, 1.807) is 45.4 Å². The lowest BCUT2D eigenvalue weighted by atomic mass is 10.0. The van der Waals surface area contributed by atoms with Crippen molar-refractivity contribution in [1.29, 1.82) is 0 Å². The van der Waals surface area contributed by atoms with E-state index in [-0.39, 0.29) is 25.3 Å². The number of carbonyl (C=O) groups excluding carboxylic acids is 4. The van der Waals surface area contributed by atoms with E-state index in [1.165, 1.54) is 11.0 Å². The van der Waals surface area contributed by atoms with Crippen molar-refractivity contribution in [3.63, 3.8) is 0 Å². The molecule has 46 heavy (non-hydrogen) atoms. The van der Waals surface area contributed by atoms with E-state index in [4.69, 9.17) is 9.47 Å². The first-order valence-electron chi connectivity index (χ1n) is 15.2. The number of hydrogen-bond acceptors (Lipinski definition) is 9. The van der Waals surface area contributed by atoms with Gasteiger partial charge in [0.2, 0.25) is 33.6 Å². The molecule has 14 heteroatoms. The Morgan fingerprint density at radius 2 is 1.89 bits per heavy atom. The summed E-state index contributed by atoms with van der Waals surface area (Å²) in [5, 5.41) is 6.29. The number of likely N-dealkylation sites (tertiary alicyclic amines) is 1. The molecule has 3 aliphatic rings. The van der Waals surface area contributed by atoms with Gasteiger partial charge in [0.05, 0.1) is 18.9 Å². The van der Waals surface area contributed by atoms with Gasteiger partial charge in [-0.15, -0.1) is 6.58 Å². The van der Waals surface area contributed by atoms with Crippen LogP contribution >= 0.6 is 0 Å². The standard InChI is InChI=1S/C32H39N5O8S/c1-6-20-16-32(20,31(41)36-46(42,43)23-9-10-23)35-28(39)25-15-22(17-37(25)30(40)27(18(3)4)34-26(38)7-2)45-29-24-11-8-21(44-5)14-19(24)12-13-33-29/h6-8,11-14,18,20,22-23,25,27H,1-2,9-10,15-17H2,3-5H3,(H,34,38)(H,35,39)(H,36,41)/t20-,22-,25+,27-,32-/m1/s1. The Bertz CT molecular complexity index is 1690. The number of hydrogen-bond donors (Lipinski definition) is 3. The van der Waals surface area contributed by atoms with Gasteiger partial charge in [-0.3, -0.25) is 23.9 Å². The maximum absolute atomic E-state index is 14.0. The van der Waals surface area contributed by atoms with E-state index < -0.39 is 68.5 Å². The highest BCUT2D eigenvalue weighted by molar-refractivity contribution is 7.91. The molecule has 5 rings (SSSR count). The summed E-state index contributed by atoms with van der Waals surface area (Å²) in [4.78, 5) is 59.2. The minimum absolute atomic E-state index is 0.0154. The van der Waals surface area contributed by atoms with E-state index in [0.29, 0.717) is 29.9 Å². The van der Waals surface area contributed by atoms with Crippen molar-refractivity contribution in [2.75, 3.05) is 13.7 Å². The first kappa shape index (κ1) is 32.9. The summed E-state index contributed by atoms with van der Waals surface area (Å²) in [5.41, 5.74) is -1.53. The number of aromatic nitrogens is 1. The monoisotopic (exact) mass is 653 g/mol. The van der Waals surface area contributed by atoms with Gasteiger partial charge in [-0.2, -0.15) is 0 Å². The Kier molecular flexibility index (Phi) is 9.12. The summed E-state index contributed by atoms with van der Waals surface area (Å²) in [6.07, 6.45) is 4.58. The van der Waals surface area contributed by atoms with Crippen molar-refractivity contribution in [3.05, 3.63) is 55.8 Å². The number of ether oxygens (including phenoxy) is 2. The molecule has 1 aromatic carbocycles. The van der Waals surface area contributed by atoms with Crippen LogP contribution in [0.3, 0.4) is 0 Å². The Balaban J connectivity index is 1.42. The quantitative estimate of drug-likeness (QED) is 0.214. The molecule has 4 amide bonds. The first-order chi connectivity index (χ1) is 21.8. The zero-order valence-corrected chi connectivity index (χ0v) is 26.8. The average Bonchev–Trinajstić information content (AvgIpc) is 3.96. The van der Waals surface area contributed by atoms with Crippen LogP contribution in [0.25, 0.3) is 10.8 Å². The molecular weight excluding hydrogens is 614 g/mol. The predicted molar refractivity (Wildman–Crippen MR) is 169 cm³/mol. The Labute approximate surface area is 267 Å². The van der Waals surface area contributed by atoms with Crippen LogP contribution < -0.4 is 24.8 Å². The van der Waals surface area contributed by atoms with Crippen molar-refractivity contribution in [2.45, 2.75) is 68.5 Å². The average molecular weight is 654 g/mol. The van der Waals surface area contributed by atoms with E-state index >= 15 is 0 Å². The molecule has 0 radical (unpaired) electrons. The molecule has 13 nitrogen and oxygen atoms in total. The molecule has 246 valence electrons. The van der Waals surface area contributed by atoms with E-state index in [2.05, 4.69) is 33.5 Å². The van der Waals surface area contributed by atoms with Gasteiger partial charge in [-0.05, 0) is 60.9 Å². The summed E-state index contributed by atoms with van der Waals surface area (Å²) in [5.74, 6) is -2.45. The van der Waals surface area contributed by atoms with Gasteiger partial charge in [0.1, 0.15) is 29.5 Å². The molecule has 0 unspecified atom stereocenters. The van der Waals surface area contributed by atoms with Crippen LogP contribution in [0.2, 0.25) is 0 Å². The third-order valence-electron chi connectivity index (χ3n) is 8.73. The lowest BCUT2D eigenvalue weighted by Gasteiger charge is -2.31. The number of sulfonamides is 1. The second-order valence-electron chi connectivity index (χ2n) is 12.3. The summed E-state index contributed by atoms with van der Waals surface area (Å²) in [7, 11) is -2.31. The van der Waals surface area contributed by atoms with Gasteiger partial charge in [0.15, 0.2) is 0 Å². The maximum atomic E-state index is 14.0. The van der Waals surface area contributed by atoms with Crippen molar-refractivity contribution in [1.82, 2.24) is 25.2 Å². The van der Waals surface area contributed by atoms with Crippen LogP contribution in [0.4, 0.5) is 0 Å². The predicted octanol–water partition coefficient (Wildman–Crippen LogP) is 1.59. The van der Waals surface area contributed by atoms with Crippen molar-refractivity contribution in [2.24, 2.45) is 11.8 Å². The highest BCUT2D eigenvalue weighted by atomic mass is 32.2. The van der Waals surface area contributed by atoms with Crippen molar-refractivity contribution in [3.8, 4) is 11.6 Å². The zero-order chi connectivity index (χ0) is 33.4. The van der Waals surface area contributed by atoms with Crippen LogP contribution in [0.1, 0.15) is 39.5 Å². The normalized spacial score (nSPS) is 24.5. The molecule has 1 aliphatic heterocycles. The fraction of sp³-hybridized carbons (Fsp3) is 0.469. The minimum Gasteiger partial charge on any atom is -0.497 e. The van der Waals surface area contributed by atoms with Crippen LogP contribution in [-0.4, -0.2) is 84.6 Å². The lowest BCUT2D eigenvalue weighted by Crippen LogP contribution is -2.59. The number of fused-ring (bicyclic) bond motifs is 1. The number of nitrogens with one attached hydrogen (secondary N) is 3. The molecule has 0 spiro atoms. The second kappa shape index (κ2) is 12.7. The van der Waals surface area contributed by atoms with Crippen molar-refractivity contribution >= 4 is 44.4 Å². The fourth-order valence-corrected chi connectivity index (χ4v) is 7.17. The molecule has 2 saturated carbocycles. The van der Waals surface area contributed by atoms with Crippen molar-refractivity contribution < 1.29 is 37.1 Å². The van der Waals surface area contributed by atoms with Gasteiger partial charge in [-0.1, -0.05) is 26.5 Å². The molecule has 2 aliphatic carbocycles. The third-order valence-corrected chi connectivity index (χ3v) is 10.5. The molecular formula is C32H39N5O8S. The number of benzene rings is 1. The van der Waals surface area contributed by atoms with E-state index in [1.807, 2.05) is 6.07 Å². The van der Waals surface area contributed by atoms with Crippen LogP contribution in [0.15, 0.2) is 55.8 Å². The first-order valence-corrected chi connectivity index (χ1v) is 16.7. The topological polar surface area (TPSA) is 173 Å². The van der Waals surface area contributed by atoms with E-state index in [0.717, 1.165) is 11.5 Å². The second-order valence-corrected chi connectivity index (χ2v) is 14.3. The summed E-state index contributed by atoms with van der Waals surface area (Å²) in [6.45, 7) is 10.7. The highest BCUT2D eigenvalue weighted by Gasteiger charge is 2.62. The Morgan fingerprint density at radius 1 is 1.15 bits per heavy atom. The van der Waals surface area contributed by atoms with Gasteiger partial charge in [0.25, 0.3) is 5.91 Å². The number of nitrogens with zero attached hydrogens (tertiary/aromatic N) is 2. The molecule has 1 aromatic heterocycles. The zero-order valence-electron chi connectivity index (χ0n) is 26.0. The number of rotatable bonds is 13. The van der Waals surface area contributed by atoms with Gasteiger partial charge < -0.3 is 25.0 Å². The number of amides is 4. The lowest BCUT2D eigenvalue weighted by molar-refractivity contribution is -0.142. The molecule has 3 fully saturated rings. The summed E-state index contributed by atoms with van der Waals surface area (Å²) >= 11 is 0. The Hall–Kier alpha value is -4.46. The minimum atomic E-state index is -3.87. The largest absolute Gasteiger partial charge is 0.497 e. The smallest absolute Gasteiger partial charge is 0.259 e. The molecule has 3 N–H and O–H groups in total. The Morgan fingerprint density at radius 3 is 2.50 bits per heavy atom. The van der Waals surface area contributed by atoms with Gasteiger partial charge in [0, 0.05) is 23.9 Å². The molecule has 0 bridgehead atoms. The molecule has 2 aromatic rings. The summed E-state index contributed by atoms with van der Waals surface area (Å²) in [6, 6.07) is 5.13. The molecule has 5 atom stereocenters. The molecule has 1 saturated heterocycles. The molecule has 2 heterocycles. The third kappa shape index (κ3) is 6.57. The highest BCUT2D eigenvalue weighted by Crippen LogP contribution is 2.45. The van der Waals surface area contributed by atoms with Crippen LogP contribution in [-0.2, 0) is 29.2 Å². The maximum Gasteiger partial charge on any atom is 0.259 e. The number of carbonyl (C=O) groups is 4. The van der Waals surface area contributed by atoms with Crippen LogP contribution in [0, 0.1) is 11.8 Å². The SMILES string of the molecule is C=CC(=O)N[C@@H](C(=O)N1C[C@H](Oc2nccc3cc(OC)ccc23)C[C@H]1C(=O)N[C@]1(C(=O)NS(=O)(=O)C2CC2)C[C@H]1C=C)C(C)C. The number of methoxy groups -OCH3 is 1. The van der Waals surface area contributed by atoms with E-state index in [9.17, 15) is 27.6 Å². The number of pyridine rings is 1. The summed E-state index contributed by atoms with van der Waals surface area (Å²) < 4.78 is 38.9. The fourth-order valence-electron chi connectivity index (χ4n) is 5.81.